The molecule has 0 aromatic heterocycles. The van der Waals surface area contributed by atoms with Gasteiger partial charge in [0.1, 0.15) is 17.6 Å². The number of ether oxygens (including phenoxy) is 4. The molecule has 2 aliphatic heterocycles. The molecule has 182 valence electrons. The van der Waals surface area contributed by atoms with Crippen molar-refractivity contribution >= 4 is 17.7 Å². The summed E-state index contributed by atoms with van der Waals surface area (Å²) in [5, 5.41) is 22.4. The van der Waals surface area contributed by atoms with Crippen LogP contribution in [0, 0.1) is 34.0 Å². The summed E-state index contributed by atoms with van der Waals surface area (Å²) in [7, 11) is 0. The van der Waals surface area contributed by atoms with Crippen molar-refractivity contribution in [1.82, 2.24) is 0 Å². The first-order chi connectivity index (χ1) is 15.4. The third kappa shape index (κ3) is 2.70. The van der Waals surface area contributed by atoms with Gasteiger partial charge in [-0.2, -0.15) is 0 Å². The Kier molecular flexibility index (Phi) is 4.94. The Morgan fingerprint density at radius 3 is 2.42 bits per heavy atom. The number of rotatable bonds is 2. The lowest BCUT2D eigenvalue weighted by Crippen LogP contribution is -2.75. The normalized spacial score (nSPS) is 49.6. The molecular weight excluding hydrogens is 432 g/mol. The van der Waals surface area contributed by atoms with Crippen molar-refractivity contribution < 1.29 is 43.5 Å². The molecule has 4 unspecified atom stereocenters. The number of Topliss-reactive ketones (excluding diaryl/α,β-unsaturated/α-hetero) is 1. The third-order valence-electron chi connectivity index (χ3n) is 9.09. The number of aliphatic hydroxyl groups is 2. The van der Waals surface area contributed by atoms with E-state index in [1.165, 1.54) is 13.8 Å². The van der Waals surface area contributed by atoms with Crippen LogP contribution in [-0.4, -0.2) is 65.4 Å². The van der Waals surface area contributed by atoms with Crippen molar-refractivity contribution in [1.29, 1.82) is 0 Å². The Hall–Kier alpha value is -1.81. The zero-order valence-corrected chi connectivity index (χ0v) is 19.4. The van der Waals surface area contributed by atoms with Gasteiger partial charge < -0.3 is 29.2 Å². The van der Waals surface area contributed by atoms with Crippen LogP contribution in [-0.2, 0) is 33.3 Å². The lowest BCUT2D eigenvalue weighted by molar-refractivity contribution is -0.353. The molecule has 10 atom stereocenters. The first-order valence-electron chi connectivity index (χ1n) is 11.6. The summed E-state index contributed by atoms with van der Waals surface area (Å²) in [5.74, 6) is -3.41. The fraction of sp³-hybridized carbons (Fsp3) is 0.792. The Morgan fingerprint density at radius 2 is 1.79 bits per heavy atom. The van der Waals surface area contributed by atoms with Gasteiger partial charge in [-0.3, -0.25) is 14.4 Å². The molecule has 9 nitrogen and oxygen atoms in total. The molecule has 5 rings (SSSR count). The van der Waals surface area contributed by atoms with Gasteiger partial charge in [-0.25, -0.2) is 0 Å². The number of ketones is 1. The number of aliphatic hydroxyl groups excluding tert-OH is 2. The van der Waals surface area contributed by atoms with Crippen LogP contribution in [0.4, 0.5) is 0 Å². The maximum atomic E-state index is 13.9. The standard InChI is InChI=1S/C24H32O9/c1-10-13-8-14(31-11(2)25)16-23-9-30-20(28)17(23)22(4,5)7-6-15(23)33-21(29)24(16,18(10)27)19(13)32-12(3)26/h13-17,19-21,28-29H,1,6-9H2,2-5H3/t13-,14+,15?,16-,17+,19+,20?,21?,23?,24-/m0/s1. The smallest absolute Gasteiger partial charge is 0.302 e. The fourth-order valence-corrected chi connectivity index (χ4v) is 8.22. The maximum Gasteiger partial charge on any atom is 0.302 e. The number of esters is 2. The fourth-order valence-electron chi connectivity index (χ4n) is 8.22. The number of hydrogen-bond donors (Lipinski definition) is 2. The van der Waals surface area contributed by atoms with E-state index in [1.54, 1.807) is 0 Å². The number of hydrogen-bond acceptors (Lipinski definition) is 9. The van der Waals surface area contributed by atoms with E-state index in [-0.39, 0.29) is 24.0 Å². The van der Waals surface area contributed by atoms with Crippen LogP contribution < -0.4 is 0 Å². The second-order valence-electron chi connectivity index (χ2n) is 11.1. The van der Waals surface area contributed by atoms with Gasteiger partial charge >= 0.3 is 11.9 Å². The van der Waals surface area contributed by atoms with Crippen LogP contribution in [0.1, 0.15) is 47.0 Å². The molecule has 0 amide bonds. The van der Waals surface area contributed by atoms with Gasteiger partial charge in [0.05, 0.1) is 12.7 Å². The lowest BCUT2D eigenvalue weighted by atomic mass is 9.43. The van der Waals surface area contributed by atoms with Crippen molar-refractivity contribution in [3.05, 3.63) is 12.2 Å². The highest BCUT2D eigenvalue weighted by Crippen LogP contribution is 2.72. The van der Waals surface area contributed by atoms with E-state index >= 15 is 0 Å². The van der Waals surface area contributed by atoms with Crippen LogP contribution in [0.2, 0.25) is 0 Å². The zero-order chi connectivity index (χ0) is 24.1. The summed E-state index contributed by atoms with van der Waals surface area (Å²) in [6, 6.07) is 0. The van der Waals surface area contributed by atoms with E-state index < -0.39 is 77.2 Å². The highest BCUT2D eigenvalue weighted by atomic mass is 16.6. The van der Waals surface area contributed by atoms with E-state index in [0.717, 1.165) is 0 Å². The second kappa shape index (κ2) is 7.10. The monoisotopic (exact) mass is 464 g/mol. The molecule has 5 aliphatic rings. The largest absolute Gasteiger partial charge is 0.462 e. The SMILES string of the molecule is C=C1C(=O)[C@@]23C(O)OC4CCC(C)(C)[C@H]5C(O)OCC45[C@@H]2[C@H](OC(C)=O)C[C@@H]1[C@H]3OC(C)=O. The highest BCUT2D eigenvalue weighted by molar-refractivity contribution is 6.05. The molecule has 0 aromatic rings. The molecule has 5 fully saturated rings. The van der Waals surface area contributed by atoms with Crippen LogP contribution in [0.25, 0.3) is 0 Å². The Balaban J connectivity index is 1.78. The van der Waals surface area contributed by atoms with Crippen LogP contribution in [0.5, 0.6) is 0 Å². The summed E-state index contributed by atoms with van der Waals surface area (Å²) in [4.78, 5) is 38.2. The van der Waals surface area contributed by atoms with Crippen LogP contribution >= 0.6 is 0 Å². The van der Waals surface area contributed by atoms with Crippen molar-refractivity contribution in [3.63, 3.8) is 0 Å². The predicted octanol–water partition coefficient (Wildman–Crippen LogP) is 1.10. The van der Waals surface area contributed by atoms with Gasteiger partial charge in [0.15, 0.2) is 18.4 Å². The maximum absolute atomic E-state index is 13.9. The van der Waals surface area contributed by atoms with Gasteiger partial charge in [0, 0.05) is 37.0 Å². The third-order valence-corrected chi connectivity index (χ3v) is 9.09. The first kappa shape index (κ1) is 23.0. The molecule has 0 radical (unpaired) electrons. The van der Waals surface area contributed by atoms with Gasteiger partial charge in [-0.05, 0) is 30.3 Å². The van der Waals surface area contributed by atoms with Crippen molar-refractivity contribution in [3.8, 4) is 0 Å². The molecule has 2 spiro atoms. The van der Waals surface area contributed by atoms with Crippen molar-refractivity contribution in [2.45, 2.75) is 77.8 Å². The minimum absolute atomic E-state index is 0.0705. The van der Waals surface area contributed by atoms with Gasteiger partial charge in [-0.15, -0.1) is 0 Å². The molecular formula is C24H32O9. The van der Waals surface area contributed by atoms with E-state index in [1.807, 2.05) is 13.8 Å². The topological polar surface area (TPSA) is 129 Å². The quantitative estimate of drug-likeness (QED) is 0.456. The average molecular weight is 465 g/mol. The molecule has 9 heteroatoms. The summed E-state index contributed by atoms with van der Waals surface area (Å²) in [6.45, 7) is 10.7. The number of carbonyl (C=O) groups excluding carboxylic acids is 3. The van der Waals surface area contributed by atoms with Crippen LogP contribution in [0.15, 0.2) is 12.2 Å². The average Bonchev–Trinajstić information content (AvgIpc) is 3.12. The minimum Gasteiger partial charge on any atom is -0.462 e. The zero-order valence-electron chi connectivity index (χ0n) is 19.4. The van der Waals surface area contributed by atoms with Crippen molar-refractivity contribution in [2.24, 2.45) is 34.0 Å². The van der Waals surface area contributed by atoms with E-state index in [9.17, 15) is 24.6 Å². The van der Waals surface area contributed by atoms with E-state index in [0.29, 0.717) is 12.8 Å². The van der Waals surface area contributed by atoms with E-state index in [2.05, 4.69) is 6.58 Å². The second-order valence-corrected chi connectivity index (χ2v) is 11.1. The van der Waals surface area contributed by atoms with Crippen molar-refractivity contribution in [2.75, 3.05) is 6.61 Å². The molecule has 2 heterocycles. The van der Waals surface area contributed by atoms with Gasteiger partial charge in [0.2, 0.25) is 0 Å². The van der Waals surface area contributed by atoms with E-state index in [4.69, 9.17) is 18.9 Å². The number of fused-ring (bicyclic) bond motifs is 1. The molecule has 3 saturated carbocycles. The highest BCUT2D eigenvalue weighted by Gasteiger charge is 2.82. The Morgan fingerprint density at radius 1 is 1.12 bits per heavy atom. The first-order valence-corrected chi connectivity index (χ1v) is 11.6. The molecule has 2 N–H and O–H groups in total. The minimum atomic E-state index is -1.71. The summed E-state index contributed by atoms with van der Waals surface area (Å²) < 4.78 is 23.5. The molecule has 0 aromatic carbocycles. The predicted molar refractivity (Wildman–Crippen MR) is 111 cm³/mol. The number of carbonyl (C=O) groups is 3. The summed E-state index contributed by atoms with van der Waals surface area (Å²) in [6.07, 6.45) is -3.50. The molecule has 3 aliphatic carbocycles. The molecule has 2 bridgehead atoms. The molecule has 33 heavy (non-hydrogen) atoms. The Bertz CT molecular complexity index is 927. The summed E-state index contributed by atoms with van der Waals surface area (Å²) >= 11 is 0. The Labute approximate surface area is 192 Å². The van der Waals surface area contributed by atoms with Crippen LogP contribution in [0.3, 0.4) is 0 Å². The molecule has 2 saturated heterocycles. The van der Waals surface area contributed by atoms with Gasteiger partial charge in [-0.1, -0.05) is 20.4 Å². The summed E-state index contributed by atoms with van der Waals surface area (Å²) in [5.41, 5.74) is -2.80. The van der Waals surface area contributed by atoms with Gasteiger partial charge in [0.25, 0.3) is 0 Å². The lowest BCUT2D eigenvalue weighted by Gasteiger charge is -2.65.